The fraction of sp³-hybridized carbons (Fsp3) is 0.286. The molecule has 0 saturated carbocycles. The second kappa shape index (κ2) is 7.02. The molecule has 1 heteroatoms. The van der Waals surface area contributed by atoms with Crippen molar-refractivity contribution in [3.63, 3.8) is 0 Å². The Morgan fingerprint density at radius 1 is 1.07 bits per heavy atom. The molecule has 0 aliphatic heterocycles. The summed E-state index contributed by atoms with van der Waals surface area (Å²) < 4.78 is 0. The van der Waals surface area contributed by atoms with E-state index >= 15 is 0 Å². The van der Waals surface area contributed by atoms with Gasteiger partial charge in [0, 0.05) is 19.6 Å². The standard InChI is InChI=1S/C14H19N/c1-3-5-12-15(11-4-2)13-14-9-7-6-8-10-14/h3-4,6-10H,1-2,5,11-13H2. The predicted octanol–water partition coefficient (Wildman–Crippen LogP) is 3.25. The minimum absolute atomic E-state index is 0.933. The average Bonchev–Trinajstić information content (AvgIpc) is 2.28. The van der Waals surface area contributed by atoms with Crippen LogP contribution in [0.15, 0.2) is 55.6 Å². The van der Waals surface area contributed by atoms with E-state index in [0.29, 0.717) is 0 Å². The van der Waals surface area contributed by atoms with Gasteiger partial charge in [0.2, 0.25) is 0 Å². The summed E-state index contributed by atoms with van der Waals surface area (Å²) in [4.78, 5) is 2.37. The number of benzene rings is 1. The molecule has 0 aliphatic rings. The van der Waals surface area contributed by atoms with E-state index in [2.05, 4.69) is 42.3 Å². The van der Waals surface area contributed by atoms with Crippen LogP contribution in [0.25, 0.3) is 0 Å². The maximum atomic E-state index is 3.78. The van der Waals surface area contributed by atoms with Gasteiger partial charge < -0.3 is 0 Å². The molecule has 15 heavy (non-hydrogen) atoms. The third-order valence-electron chi connectivity index (χ3n) is 2.29. The molecule has 0 unspecified atom stereocenters. The lowest BCUT2D eigenvalue weighted by Gasteiger charge is -2.19. The van der Waals surface area contributed by atoms with Gasteiger partial charge in [0.05, 0.1) is 0 Å². The summed E-state index contributed by atoms with van der Waals surface area (Å²) >= 11 is 0. The van der Waals surface area contributed by atoms with Crippen LogP contribution < -0.4 is 0 Å². The van der Waals surface area contributed by atoms with Crippen molar-refractivity contribution in [3.05, 3.63) is 61.2 Å². The highest BCUT2D eigenvalue weighted by atomic mass is 15.1. The van der Waals surface area contributed by atoms with Crippen LogP contribution in [-0.4, -0.2) is 18.0 Å². The normalized spacial score (nSPS) is 10.2. The highest BCUT2D eigenvalue weighted by Crippen LogP contribution is 2.05. The zero-order chi connectivity index (χ0) is 10.9. The summed E-state index contributed by atoms with van der Waals surface area (Å²) in [5.74, 6) is 0. The minimum atomic E-state index is 0.933. The van der Waals surface area contributed by atoms with E-state index in [1.54, 1.807) is 0 Å². The van der Waals surface area contributed by atoms with E-state index in [1.807, 2.05) is 18.2 Å². The molecule has 0 radical (unpaired) electrons. The van der Waals surface area contributed by atoms with Gasteiger partial charge in [-0.25, -0.2) is 0 Å². The third kappa shape index (κ3) is 4.61. The molecular weight excluding hydrogens is 182 g/mol. The van der Waals surface area contributed by atoms with Gasteiger partial charge in [0.1, 0.15) is 0 Å². The van der Waals surface area contributed by atoms with E-state index in [4.69, 9.17) is 0 Å². The van der Waals surface area contributed by atoms with Crippen LogP contribution in [0.3, 0.4) is 0 Å². The van der Waals surface area contributed by atoms with Crippen LogP contribution in [0.2, 0.25) is 0 Å². The number of rotatable bonds is 7. The first-order valence-electron chi connectivity index (χ1n) is 5.35. The molecule has 1 nitrogen and oxygen atoms in total. The first-order valence-corrected chi connectivity index (χ1v) is 5.35. The summed E-state index contributed by atoms with van der Waals surface area (Å²) in [5.41, 5.74) is 1.35. The average molecular weight is 201 g/mol. The monoisotopic (exact) mass is 201 g/mol. The van der Waals surface area contributed by atoms with Crippen molar-refractivity contribution < 1.29 is 0 Å². The Kier molecular flexibility index (Phi) is 5.49. The van der Waals surface area contributed by atoms with Crippen molar-refractivity contribution in [1.82, 2.24) is 4.90 Å². The zero-order valence-corrected chi connectivity index (χ0v) is 9.23. The SMILES string of the molecule is C=CCCN(CC=C)Cc1ccccc1. The Labute approximate surface area is 92.7 Å². The van der Waals surface area contributed by atoms with Gasteiger partial charge in [-0.15, -0.1) is 13.2 Å². The second-order valence-corrected chi connectivity index (χ2v) is 3.59. The topological polar surface area (TPSA) is 3.24 Å². The molecule has 0 spiro atoms. The van der Waals surface area contributed by atoms with E-state index < -0.39 is 0 Å². The fourth-order valence-electron chi connectivity index (χ4n) is 1.53. The van der Waals surface area contributed by atoms with Gasteiger partial charge in [-0.05, 0) is 12.0 Å². The smallest absolute Gasteiger partial charge is 0.0237 e. The van der Waals surface area contributed by atoms with Crippen LogP contribution in [0.5, 0.6) is 0 Å². The first kappa shape index (κ1) is 11.7. The first-order chi connectivity index (χ1) is 7.36. The highest BCUT2D eigenvalue weighted by molar-refractivity contribution is 5.14. The molecule has 0 amide bonds. The highest BCUT2D eigenvalue weighted by Gasteiger charge is 2.02. The lowest BCUT2D eigenvalue weighted by molar-refractivity contribution is 0.300. The molecule has 1 rings (SSSR count). The van der Waals surface area contributed by atoms with Crippen LogP contribution in [0, 0.1) is 0 Å². The molecule has 0 heterocycles. The van der Waals surface area contributed by atoms with Crippen molar-refractivity contribution in [2.45, 2.75) is 13.0 Å². The molecule has 1 aromatic rings. The molecule has 1 aromatic carbocycles. The minimum Gasteiger partial charge on any atom is -0.295 e. The van der Waals surface area contributed by atoms with Gasteiger partial charge in [-0.3, -0.25) is 4.90 Å². The summed E-state index contributed by atoms with van der Waals surface area (Å²) in [6, 6.07) is 10.5. The summed E-state index contributed by atoms with van der Waals surface area (Å²) in [7, 11) is 0. The van der Waals surface area contributed by atoms with Crippen LogP contribution >= 0.6 is 0 Å². The Bertz CT molecular complexity index is 289. The Balaban J connectivity index is 2.50. The van der Waals surface area contributed by atoms with Gasteiger partial charge in [0.15, 0.2) is 0 Å². The third-order valence-corrected chi connectivity index (χ3v) is 2.29. The van der Waals surface area contributed by atoms with Crippen molar-refractivity contribution in [3.8, 4) is 0 Å². The second-order valence-electron chi connectivity index (χ2n) is 3.59. The van der Waals surface area contributed by atoms with E-state index in [-0.39, 0.29) is 0 Å². The summed E-state index contributed by atoms with van der Waals surface area (Å²) in [6.45, 7) is 10.5. The zero-order valence-electron chi connectivity index (χ0n) is 9.23. The largest absolute Gasteiger partial charge is 0.295 e. The molecule has 0 atom stereocenters. The maximum absolute atomic E-state index is 3.78. The number of hydrogen-bond acceptors (Lipinski definition) is 1. The van der Waals surface area contributed by atoms with Gasteiger partial charge in [-0.1, -0.05) is 42.5 Å². The molecule has 80 valence electrons. The quantitative estimate of drug-likeness (QED) is 0.612. The van der Waals surface area contributed by atoms with Crippen molar-refractivity contribution in [2.75, 3.05) is 13.1 Å². The molecule has 0 saturated heterocycles. The molecule has 0 N–H and O–H groups in total. The lowest BCUT2D eigenvalue weighted by atomic mass is 10.2. The van der Waals surface area contributed by atoms with Crippen molar-refractivity contribution in [1.29, 1.82) is 0 Å². The Hall–Kier alpha value is -1.34. The van der Waals surface area contributed by atoms with Crippen LogP contribution in [0.4, 0.5) is 0 Å². The van der Waals surface area contributed by atoms with E-state index in [1.165, 1.54) is 5.56 Å². The predicted molar refractivity (Wildman–Crippen MR) is 66.7 cm³/mol. The lowest BCUT2D eigenvalue weighted by Crippen LogP contribution is -2.24. The van der Waals surface area contributed by atoms with Crippen LogP contribution in [0.1, 0.15) is 12.0 Å². The van der Waals surface area contributed by atoms with Crippen molar-refractivity contribution >= 4 is 0 Å². The van der Waals surface area contributed by atoms with E-state index in [0.717, 1.165) is 26.1 Å². The van der Waals surface area contributed by atoms with E-state index in [9.17, 15) is 0 Å². The fourth-order valence-corrected chi connectivity index (χ4v) is 1.53. The number of hydrogen-bond donors (Lipinski definition) is 0. The summed E-state index contributed by atoms with van der Waals surface area (Å²) in [6.07, 6.45) is 4.94. The Morgan fingerprint density at radius 2 is 1.80 bits per heavy atom. The molecule has 0 fully saturated rings. The number of nitrogens with zero attached hydrogens (tertiary/aromatic N) is 1. The van der Waals surface area contributed by atoms with Gasteiger partial charge in [-0.2, -0.15) is 0 Å². The van der Waals surface area contributed by atoms with Gasteiger partial charge >= 0.3 is 0 Å². The molecule has 0 bridgehead atoms. The molecular formula is C14H19N. The molecule has 0 aliphatic carbocycles. The van der Waals surface area contributed by atoms with Gasteiger partial charge in [0.25, 0.3) is 0 Å². The van der Waals surface area contributed by atoms with Crippen LogP contribution in [-0.2, 0) is 6.54 Å². The molecule has 0 aromatic heterocycles. The van der Waals surface area contributed by atoms with Crippen molar-refractivity contribution in [2.24, 2.45) is 0 Å². The summed E-state index contributed by atoms with van der Waals surface area (Å²) in [5, 5.41) is 0. The maximum Gasteiger partial charge on any atom is 0.0237 e. The Morgan fingerprint density at radius 3 is 2.40 bits per heavy atom.